The number of rotatable bonds is 4. The van der Waals surface area contributed by atoms with Crippen molar-refractivity contribution in [2.75, 3.05) is 12.0 Å². The Morgan fingerprint density at radius 2 is 1.62 bits per heavy atom. The molecule has 1 aliphatic rings. The Morgan fingerprint density at radius 3 is 2.21 bits per heavy atom. The van der Waals surface area contributed by atoms with E-state index in [-0.39, 0.29) is 23.1 Å². The fourth-order valence-electron chi connectivity index (χ4n) is 4.40. The van der Waals surface area contributed by atoms with E-state index in [4.69, 9.17) is 4.74 Å². The number of aromatic hydroxyl groups is 1. The number of phenolic OH excluding ortho intramolecular Hbond substituents is 1. The molecule has 1 saturated heterocycles. The minimum atomic E-state index is -0.298. The monoisotopic (exact) mass is 455 g/mol. The van der Waals surface area contributed by atoms with Crippen LogP contribution in [0.1, 0.15) is 60.2 Å². The predicted molar refractivity (Wildman–Crippen MR) is 139 cm³/mol. The van der Waals surface area contributed by atoms with Gasteiger partial charge in [0.15, 0.2) is 0 Å². The van der Waals surface area contributed by atoms with Gasteiger partial charge < -0.3 is 9.84 Å². The van der Waals surface area contributed by atoms with Crippen LogP contribution in [0.2, 0.25) is 0 Å². The molecule has 4 heteroatoms. The topological polar surface area (TPSA) is 49.8 Å². The molecule has 1 fully saturated rings. The molecule has 0 spiro atoms. The molecule has 34 heavy (non-hydrogen) atoms. The van der Waals surface area contributed by atoms with E-state index in [1.54, 1.807) is 18.1 Å². The third-order valence-corrected chi connectivity index (χ3v) is 6.77. The highest BCUT2D eigenvalue weighted by Gasteiger charge is 2.44. The first-order valence-corrected chi connectivity index (χ1v) is 11.6. The van der Waals surface area contributed by atoms with Gasteiger partial charge in [-0.05, 0) is 77.8 Å². The molecule has 0 bridgehead atoms. The first kappa shape index (κ1) is 23.6. The van der Waals surface area contributed by atoms with Crippen molar-refractivity contribution in [2.24, 2.45) is 0 Å². The lowest BCUT2D eigenvalue weighted by Gasteiger charge is -2.43. The van der Waals surface area contributed by atoms with Crippen LogP contribution in [0.3, 0.4) is 0 Å². The number of phenols is 1. The van der Waals surface area contributed by atoms with Gasteiger partial charge in [-0.1, -0.05) is 57.2 Å². The molecule has 1 atom stereocenters. The maximum absolute atomic E-state index is 13.5. The number of nitrogens with zero attached hydrogens (tertiary/aromatic N) is 1. The van der Waals surface area contributed by atoms with Gasteiger partial charge in [0.2, 0.25) is 0 Å². The van der Waals surface area contributed by atoms with Crippen LogP contribution < -0.4 is 9.64 Å². The van der Waals surface area contributed by atoms with Gasteiger partial charge in [-0.3, -0.25) is 9.69 Å². The average Bonchev–Trinajstić information content (AvgIpc) is 2.79. The summed E-state index contributed by atoms with van der Waals surface area (Å²) in [7, 11) is 1.64. The number of benzene rings is 3. The van der Waals surface area contributed by atoms with Crippen LogP contribution in [0.4, 0.5) is 5.69 Å². The Labute approximate surface area is 202 Å². The van der Waals surface area contributed by atoms with Gasteiger partial charge in [-0.25, -0.2) is 0 Å². The van der Waals surface area contributed by atoms with Crippen molar-refractivity contribution in [1.29, 1.82) is 0 Å². The van der Waals surface area contributed by atoms with Crippen molar-refractivity contribution in [1.82, 2.24) is 0 Å². The molecule has 0 aromatic heterocycles. The minimum Gasteiger partial charge on any atom is -0.508 e. The quantitative estimate of drug-likeness (QED) is 0.348. The van der Waals surface area contributed by atoms with Crippen molar-refractivity contribution in [3.8, 4) is 11.5 Å². The Balaban J connectivity index is 1.80. The third kappa shape index (κ3) is 4.21. The number of amides is 1. The van der Waals surface area contributed by atoms with Crippen molar-refractivity contribution >= 4 is 17.7 Å². The van der Waals surface area contributed by atoms with Crippen molar-refractivity contribution in [3.63, 3.8) is 0 Å². The molecule has 1 heterocycles. The summed E-state index contributed by atoms with van der Waals surface area (Å²) in [6.07, 6.45) is 1.96. The third-order valence-electron chi connectivity index (χ3n) is 6.77. The van der Waals surface area contributed by atoms with E-state index in [2.05, 4.69) is 45.0 Å². The molecule has 0 saturated carbocycles. The first-order chi connectivity index (χ1) is 16.0. The van der Waals surface area contributed by atoms with E-state index in [1.165, 1.54) is 5.56 Å². The smallest absolute Gasteiger partial charge is 0.257 e. The maximum atomic E-state index is 13.5. The first-order valence-electron chi connectivity index (χ1n) is 11.6. The van der Waals surface area contributed by atoms with Crippen LogP contribution in [0.25, 0.3) is 6.08 Å². The second-order valence-electron chi connectivity index (χ2n) is 10.2. The van der Waals surface area contributed by atoms with E-state index in [0.29, 0.717) is 5.57 Å². The molecule has 4 nitrogen and oxygen atoms in total. The predicted octanol–water partition coefficient (Wildman–Crippen LogP) is 6.80. The molecule has 4 rings (SSSR count). The highest BCUT2D eigenvalue weighted by atomic mass is 16.5. The van der Waals surface area contributed by atoms with Gasteiger partial charge in [0.05, 0.1) is 13.2 Å². The van der Waals surface area contributed by atoms with E-state index in [0.717, 1.165) is 39.3 Å². The molecular weight excluding hydrogens is 422 g/mol. The van der Waals surface area contributed by atoms with E-state index in [1.807, 2.05) is 51.1 Å². The van der Waals surface area contributed by atoms with Gasteiger partial charge in [-0.2, -0.15) is 0 Å². The number of aryl methyl sites for hydroxylation is 2. The van der Waals surface area contributed by atoms with Crippen LogP contribution in [-0.2, 0) is 10.2 Å². The molecule has 0 radical (unpaired) electrons. The second-order valence-corrected chi connectivity index (χ2v) is 10.2. The van der Waals surface area contributed by atoms with Crippen LogP contribution in [-0.4, -0.2) is 18.1 Å². The summed E-state index contributed by atoms with van der Waals surface area (Å²) in [5.74, 6) is 0.933. The standard InChI is InChI=1S/C30H33NO3/c1-18-8-11-22(16-26(18)32)28-25(15-21-9-12-23(13-10-21)30(4,5)6)29(33)31(28)24-14-19(2)20(3)27(17-24)34-7/h8-17,28,32H,1-7H3/b25-15-/t28-/m0/s1. The van der Waals surface area contributed by atoms with Gasteiger partial charge in [0.1, 0.15) is 11.5 Å². The number of carbonyl (C=O) groups excluding carboxylic acids is 1. The highest BCUT2D eigenvalue weighted by Crippen LogP contribution is 2.46. The second kappa shape index (κ2) is 8.68. The minimum absolute atomic E-state index is 0.0460. The van der Waals surface area contributed by atoms with Crippen LogP contribution in [0.5, 0.6) is 11.5 Å². The molecule has 1 N–H and O–H groups in total. The molecule has 3 aromatic carbocycles. The van der Waals surface area contributed by atoms with Crippen molar-refractivity contribution in [3.05, 3.63) is 93.6 Å². The van der Waals surface area contributed by atoms with Gasteiger partial charge >= 0.3 is 0 Å². The van der Waals surface area contributed by atoms with E-state index < -0.39 is 0 Å². The summed E-state index contributed by atoms with van der Waals surface area (Å²) in [6, 6.07) is 17.6. The summed E-state index contributed by atoms with van der Waals surface area (Å²) >= 11 is 0. The Bertz CT molecular complexity index is 1280. The van der Waals surface area contributed by atoms with Gasteiger partial charge in [0.25, 0.3) is 5.91 Å². The highest BCUT2D eigenvalue weighted by molar-refractivity contribution is 6.18. The Hall–Kier alpha value is -3.53. The number of anilines is 1. The zero-order valence-electron chi connectivity index (χ0n) is 21.1. The molecule has 0 unspecified atom stereocenters. The SMILES string of the molecule is COc1cc(N2C(=O)/C(=C\c3ccc(C(C)(C)C)cc3)[C@@H]2c2ccc(C)c(O)c2)cc(C)c1C. The average molecular weight is 456 g/mol. The summed E-state index contributed by atoms with van der Waals surface area (Å²) in [5, 5.41) is 10.4. The lowest BCUT2D eigenvalue weighted by Crippen LogP contribution is -2.49. The lowest BCUT2D eigenvalue weighted by atomic mass is 9.84. The summed E-state index contributed by atoms with van der Waals surface area (Å²) in [4.78, 5) is 15.3. The number of β-lactam (4-membered cyclic amide) rings is 1. The molecule has 0 aliphatic carbocycles. The Kier molecular flexibility index (Phi) is 6.03. The zero-order chi connectivity index (χ0) is 24.8. The van der Waals surface area contributed by atoms with Crippen LogP contribution in [0, 0.1) is 20.8 Å². The molecule has 1 amide bonds. The summed E-state index contributed by atoms with van der Waals surface area (Å²) in [6.45, 7) is 12.5. The van der Waals surface area contributed by atoms with Gasteiger partial charge in [-0.15, -0.1) is 0 Å². The molecule has 3 aromatic rings. The number of carbonyl (C=O) groups is 1. The zero-order valence-corrected chi connectivity index (χ0v) is 21.1. The number of methoxy groups -OCH3 is 1. The fraction of sp³-hybridized carbons (Fsp3) is 0.300. The van der Waals surface area contributed by atoms with E-state index in [9.17, 15) is 9.90 Å². The summed E-state index contributed by atoms with van der Waals surface area (Å²) in [5.41, 5.74) is 7.57. The van der Waals surface area contributed by atoms with Gasteiger partial charge in [0, 0.05) is 17.3 Å². The number of ether oxygens (including phenoxy) is 1. The number of hydrogen-bond donors (Lipinski definition) is 1. The summed E-state index contributed by atoms with van der Waals surface area (Å²) < 4.78 is 5.56. The maximum Gasteiger partial charge on any atom is 0.257 e. The van der Waals surface area contributed by atoms with Crippen LogP contribution in [0.15, 0.2) is 60.2 Å². The van der Waals surface area contributed by atoms with Crippen molar-refractivity contribution < 1.29 is 14.6 Å². The normalized spacial score (nSPS) is 17.1. The lowest BCUT2D eigenvalue weighted by molar-refractivity contribution is -0.118. The molecule has 1 aliphatic heterocycles. The number of hydrogen-bond acceptors (Lipinski definition) is 3. The fourth-order valence-corrected chi connectivity index (χ4v) is 4.40. The van der Waals surface area contributed by atoms with E-state index >= 15 is 0 Å². The largest absolute Gasteiger partial charge is 0.508 e. The molecular formula is C30H33NO3. The van der Waals surface area contributed by atoms with Crippen molar-refractivity contribution in [2.45, 2.75) is 53.0 Å². The van der Waals surface area contributed by atoms with Crippen LogP contribution >= 0.6 is 0 Å². The molecule has 176 valence electrons. The Morgan fingerprint density at radius 1 is 0.941 bits per heavy atom.